The fourth-order valence-electron chi connectivity index (χ4n) is 3.57. The van der Waals surface area contributed by atoms with Gasteiger partial charge in [-0.3, -0.25) is 4.79 Å². The molecule has 0 bridgehead atoms. The predicted molar refractivity (Wildman–Crippen MR) is 102 cm³/mol. The van der Waals surface area contributed by atoms with E-state index in [0.717, 1.165) is 18.4 Å². The molecule has 2 N–H and O–H groups in total. The van der Waals surface area contributed by atoms with Crippen molar-refractivity contribution in [2.45, 2.75) is 76.2 Å². The summed E-state index contributed by atoms with van der Waals surface area (Å²) in [6.07, 6.45) is 9.65. The number of carbonyl (C=O) groups excluding carboxylic acids is 1. The molecule has 0 radical (unpaired) electrons. The van der Waals surface area contributed by atoms with E-state index in [2.05, 4.69) is 43.0 Å². The maximum atomic E-state index is 11.8. The molecule has 0 heterocycles. The third kappa shape index (κ3) is 5.61. The molecule has 1 aromatic carbocycles. The van der Waals surface area contributed by atoms with Crippen LogP contribution in [0.2, 0.25) is 0 Å². The number of hydrogen-bond donors (Lipinski definition) is 1. The minimum atomic E-state index is -0.824. The zero-order chi connectivity index (χ0) is 18.1. The van der Waals surface area contributed by atoms with Crippen LogP contribution < -0.4 is 5.73 Å². The SMILES string of the molecule is CCCCCCCC#Cc1ccc(C2CCC(N)(C(=O)OC)C2)cc1. The molecule has 0 saturated heterocycles. The van der Waals surface area contributed by atoms with E-state index in [4.69, 9.17) is 10.5 Å². The highest BCUT2D eigenvalue weighted by Gasteiger charge is 2.43. The smallest absolute Gasteiger partial charge is 0.325 e. The van der Waals surface area contributed by atoms with Crippen LogP contribution in [0.4, 0.5) is 0 Å². The zero-order valence-electron chi connectivity index (χ0n) is 15.6. The highest BCUT2D eigenvalue weighted by molar-refractivity contribution is 5.81. The number of benzene rings is 1. The van der Waals surface area contributed by atoms with Crippen LogP contribution in [0.3, 0.4) is 0 Å². The number of rotatable bonds is 7. The maximum absolute atomic E-state index is 11.8. The molecular weight excluding hydrogens is 310 g/mol. The second-order valence-corrected chi connectivity index (χ2v) is 7.18. The van der Waals surface area contributed by atoms with Gasteiger partial charge < -0.3 is 10.5 Å². The van der Waals surface area contributed by atoms with E-state index in [0.29, 0.717) is 18.8 Å². The van der Waals surface area contributed by atoms with Gasteiger partial charge in [-0.1, -0.05) is 56.6 Å². The van der Waals surface area contributed by atoms with Crippen LogP contribution in [0.15, 0.2) is 24.3 Å². The molecule has 2 rings (SSSR count). The van der Waals surface area contributed by atoms with Crippen molar-refractivity contribution in [1.29, 1.82) is 0 Å². The Morgan fingerprint density at radius 1 is 1.24 bits per heavy atom. The largest absolute Gasteiger partial charge is 0.468 e. The lowest BCUT2D eigenvalue weighted by molar-refractivity contribution is -0.146. The monoisotopic (exact) mass is 341 g/mol. The van der Waals surface area contributed by atoms with Gasteiger partial charge in [0.2, 0.25) is 0 Å². The molecule has 25 heavy (non-hydrogen) atoms. The van der Waals surface area contributed by atoms with Crippen molar-refractivity contribution in [3.05, 3.63) is 35.4 Å². The first-order chi connectivity index (χ1) is 12.1. The Morgan fingerprint density at radius 3 is 2.64 bits per heavy atom. The quantitative estimate of drug-likeness (QED) is 0.450. The van der Waals surface area contributed by atoms with Crippen LogP contribution in [-0.4, -0.2) is 18.6 Å². The Hall–Kier alpha value is -1.79. The third-order valence-electron chi connectivity index (χ3n) is 5.16. The van der Waals surface area contributed by atoms with Crippen LogP contribution in [0, 0.1) is 11.8 Å². The van der Waals surface area contributed by atoms with Crippen molar-refractivity contribution in [3.8, 4) is 11.8 Å². The Kier molecular flexibility index (Phi) is 7.52. The van der Waals surface area contributed by atoms with Crippen LogP contribution in [-0.2, 0) is 9.53 Å². The van der Waals surface area contributed by atoms with Crippen molar-refractivity contribution < 1.29 is 9.53 Å². The van der Waals surface area contributed by atoms with Gasteiger partial charge in [-0.05, 0) is 49.3 Å². The zero-order valence-corrected chi connectivity index (χ0v) is 15.6. The first-order valence-electron chi connectivity index (χ1n) is 9.55. The molecular formula is C22H31NO2. The molecule has 1 aliphatic rings. The molecule has 2 atom stereocenters. The number of methoxy groups -OCH3 is 1. The van der Waals surface area contributed by atoms with Gasteiger partial charge in [0.25, 0.3) is 0 Å². The van der Waals surface area contributed by atoms with Gasteiger partial charge in [0.15, 0.2) is 0 Å². The van der Waals surface area contributed by atoms with Gasteiger partial charge in [0.05, 0.1) is 7.11 Å². The Labute approximate surface area is 152 Å². The summed E-state index contributed by atoms with van der Waals surface area (Å²) in [6.45, 7) is 2.23. The molecule has 136 valence electrons. The van der Waals surface area contributed by atoms with Gasteiger partial charge in [-0.25, -0.2) is 0 Å². The third-order valence-corrected chi connectivity index (χ3v) is 5.16. The molecule has 0 aliphatic heterocycles. The highest BCUT2D eigenvalue weighted by atomic mass is 16.5. The average molecular weight is 341 g/mol. The van der Waals surface area contributed by atoms with Gasteiger partial charge >= 0.3 is 5.97 Å². The van der Waals surface area contributed by atoms with Gasteiger partial charge in [-0.2, -0.15) is 0 Å². The minimum absolute atomic E-state index is 0.295. The fourth-order valence-corrected chi connectivity index (χ4v) is 3.57. The van der Waals surface area contributed by atoms with Crippen LogP contribution >= 0.6 is 0 Å². The second kappa shape index (κ2) is 9.63. The molecule has 1 aliphatic carbocycles. The van der Waals surface area contributed by atoms with Gasteiger partial charge in [-0.15, -0.1) is 0 Å². The number of nitrogens with two attached hydrogens (primary N) is 1. The van der Waals surface area contributed by atoms with Crippen LogP contribution in [0.25, 0.3) is 0 Å². The van der Waals surface area contributed by atoms with Crippen molar-refractivity contribution in [1.82, 2.24) is 0 Å². The van der Waals surface area contributed by atoms with Crippen molar-refractivity contribution >= 4 is 5.97 Å². The molecule has 3 nitrogen and oxygen atoms in total. The highest BCUT2D eigenvalue weighted by Crippen LogP contribution is 2.40. The lowest BCUT2D eigenvalue weighted by Crippen LogP contribution is -2.46. The standard InChI is InChI=1S/C22H31NO2/c1-3-4-5-6-7-8-9-10-18-11-13-19(14-12-18)20-15-16-22(23,17-20)21(24)25-2/h11-14,20H,3-8,15-17,23H2,1-2H3. The van der Waals surface area contributed by atoms with Gasteiger partial charge in [0, 0.05) is 12.0 Å². The number of hydrogen-bond acceptors (Lipinski definition) is 3. The summed E-state index contributed by atoms with van der Waals surface area (Å²) in [5, 5.41) is 0. The molecule has 0 amide bonds. The Bertz CT molecular complexity index is 611. The van der Waals surface area contributed by atoms with Crippen molar-refractivity contribution in [2.75, 3.05) is 7.11 Å². The number of ether oxygens (including phenoxy) is 1. The fraction of sp³-hybridized carbons (Fsp3) is 0.591. The Balaban J connectivity index is 1.84. The van der Waals surface area contributed by atoms with E-state index < -0.39 is 5.54 Å². The average Bonchev–Trinajstić information content (AvgIpc) is 3.04. The van der Waals surface area contributed by atoms with E-state index in [1.165, 1.54) is 44.8 Å². The summed E-state index contributed by atoms with van der Waals surface area (Å²) in [7, 11) is 1.40. The van der Waals surface area contributed by atoms with Crippen molar-refractivity contribution in [3.63, 3.8) is 0 Å². The minimum Gasteiger partial charge on any atom is -0.468 e. The lowest BCUT2D eigenvalue weighted by Gasteiger charge is -2.20. The summed E-state index contributed by atoms with van der Waals surface area (Å²) in [4.78, 5) is 11.8. The predicted octanol–water partition coefficient (Wildman–Crippen LogP) is 4.54. The summed E-state index contributed by atoms with van der Waals surface area (Å²) in [6, 6.07) is 8.40. The summed E-state index contributed by atoms with van der Waals surface area (Å²) >= 11 is 0. The molecule has 1 saturated carbocycles. The van der Waals surface area contributed by atoms with Gasteiger partial charge in [0.1, 0.15) is 5.54 Å². The molecule has 1 aromatic rings. The Morgan fingerprint density at radius 2 is 1.96 bits per heavy atom. The van der Waals surface area contributed by atoms with E-state index in [9.17, 15) is 4.79 Å². The molecule has 1 fully saturated rings. The number of unbranched alkanes of at least 4 members (excludes halogenated alkanes) is 5. The first kappa shape index (κ1) is 19.5. The van der Waals surface area contributed by atoms with Crippen LogP contribution in [0.1, 0.15) is 81.8 Å². The van der Waals surface area contributed by atoms with Crippen LogP contribution in [0.5, 0.6) is 0 Å². The summed E-state index contributed by atoms with van der Waals surface area (Å²) in [5.74, 6) is 6.55. The first-order valence-corrected chi connectivity index (χ1v) is 9.55. The van der Waals surface area contributed by atoms with E-state index >= 15 is 0 Å². The lowest BCUT2D eigenvalue weighted by atomic mass is 9.92. The topological polar surface area (TPSA) is 52.3 Å². The van der Waals surface area contributed by atoms with E-state index in [-0.39, 0.29) is 5.97 Å². The van der Waals surface area contributed by atoms with Crippen molar-refractivity contribution in [2.24, 2.45) is 5.73 Å². The molecule has 2 unspecified atom stereocenters. The molecule has 0 spiro atoms. The molecule has 3 heteroatoms. The second-order valence-electron chi connectivity index (χ2n) is 7.18. The number of carbonyl (C=O) groups is 1. The van der Waals surface area contributed by atoms with E-state index in [1.807, 2.05) is 0 Å². The summed E-state index contributed by atoms with van der Waals surface area (Å²) < 4.78 is 4.84. The van der Waals surface area contributed by atoms with E-state index in [1.54, 1.807) is 0 Å². The summed E-state index contributed by atoms with van der Waals surface area (Å²) in [5.41, 5.74) is 7.67. The molecule has 0 aromatic heterocycles. The maximum Gasteiger partial charge on any atom is 0.325 e. The number of esters is 1. The normalized spacial score (nSPS) is 22.3.